The van der Waals surface area contributed by atoms with E-state index in [0.29, 0.717) is 0 Å². The van der Waals surface area contributed by atoms with Gasteiger partial charge in [0.15, 0.2) is 5.96 Å². The molecular formula is C19H27IN4. The topological polar surface area (TPSA) is 41.4 Å². The normalized spacial score (nSPS) is 15.5. The summed E-state index contributed by atoms with van der Waals surface area (Å²) >= 11 is 0. The average Bonchev–Trinajstić information content (AvgIpc) is 3.21. The molecule has 1 saturated carbocycles. The molecule has 0 amide bonds. The van der Waals surface area contributed by atoms with Crippen molar-refractivity contribution in [2.24, 2.45) is 4.99 Å². The Morgan fingerprint density at radius 3 is 2.42 bits per heavy atom. The van der Waals surface area contributed by atoms with Crippen molar-refractivity contribution in [3.8, 4) is 0 Å². The van der Waals surface area contributed by atoms with Crippen LogP contribution in [0.15, 0.2) is 59.9 Å². The highest BCUT2D eigenvalue weighted by molar-refractivity contribution is 14.0. The van der Waals surface area contributed by atoms with E-state index in [1.165, 1.54) is 18.4 Å². The molecule has 1 fully saturated rings. The van der Waals surface area contributed by atoms with Gasteiger partial charge in [0.1, 0.15) is 0 Å². The summed E-state index contributed by atoms with van der Waals surface area (Å²) < 4.78 is 2.17. The van der Waals surface area contributed by atoms with E-state index in [4.69, 9.17) is 4.99 Å². The molecule has 5 heteroatoms. The summed E-state index contributed by atoms with van der Waals surface area (Å²) in [5.41, 5.74) is 1.69. The van der Waals surface area contributed by atoms with Gasteiger partial charge in [-0.3, -0.25) is 4.99 Å². The molecular weight excluding hydrogens is 411 g/mol. The minimum Gasteiger partial charge on any atom is -0.357 e. The molecule has 2 aromatic rings. The second kappa shape index (κ2) is 9.11. The van der Waals surface area contributed by atoms with Gasteiger partial charge in [-0.15, -0.1) is 24.0 Å². The Bertz CT molecular complexity index is 618. The van der Waals surface area contributed by atoms with Gasteiger partial charge in [-0.25, -0.2) is 0 Å². The molecule has 1 aliphatic rings. The van der Waals surface area contributed by atoms with Gasteiger partial charge in [-0.2, -0.15) is 0 Å². The third-order valence-electron chi connectivity index (χ3n) is 4.45. The molecule has 2 N–H and O–H groups in total. The first-order chi connectivity index (χ1) is 11.3. The lowest BCUT2D eigenvalue weighted by atomic mass is 9.96. The number of guanidine groups is 1. The smallest absolute Gasteiger partial charge is 0.191 e. The fourth-order valence-electron chi connectivity index (χ4n) is 2.88. The zero-order valence-electron chi connectivity index (χ0n) is 14.2. The van der Waals surface area contributed by atoms with Gasteiger partial charge in [0.05, 0.1) is 6.54 Å². The Morgan fingerprint density at radius 1 is 1.08 bits per heavy atom. The molecule has 0 atom stereocenters. The first-order valence-corrected chi connectivity index (χ1v) is 8.51. The first-order valence-electron chi connectivity index (χ1n) is 8.51. The molecule has 0 saturated heterocycles. The van der Waals surface area contributed by atoms with Crippen LogP contribution in [-0.2, 0) is 12.0 Å². The number of benzene rings is 1. The monoisotopic (exact) mass is 438 g/mol. The zero-order valence-corrected chi connectivity index (χ0v) is 16.6. The SMILES string of the molecule is CCNC(=NCC1(c2ccccc2)CC1)NCCn1cccc1.I. The quantitative estimate of drug-likeness (QED) is 0.396. The van der Waals surface area contributed by atoms with Crippen LogP contribution >= 0.6 is 24.0 Å². The fourth-order valence-corrected chi connectivity index (χ4v) is 2.88. The molecule has 3 rings (SSSR count). The van der Waals surface area contributed by atoms with Crippen LogP contribution in [0.5, 0.6) is 0 Å². The second-order valence-electron chi connectivity index (χ2n) is 6.19. The standard InChI is InChI=1S/C19H26N4.HI/c1-2-20-18(21-12-15-23-13-6-7-14-23)22-16-19(10-11-19)17-8-4-3-5-9-17;/h3-9,13-14H,2,10-12,15-16H2,1H3,(H2,20,21,22);1H. The molecule has 1 heterocycles. The minimum absolute atomic E-state index is 0. The Hall–Kier alpha value is -1.50. The fraction of sp³-hybridized carbons (Fsp3) is 0.421. The maximum Gasteiger partial charge on any atom is 0.191 e. The van der Waals surface area contributed by atoms with Crippen LogP contribution in [0.2, 0.25) is 0 Å². The Morgan fingerprint density at radius 2 is 1.79 bits per heavy atom. The van der Waals surface area contributed by atoms with E-state index in [2.05, 4.69) is 77.0 Å². The van der Waals surface area contributed by atoms with Gasteiger partial charge in [0.25, 0.3) is 0 Å². The zero-order chi connectivity index (χ0) is 16.0. The van der Waals surface area contributed by atoms with Crippen molar-refractivity contribution in [1.82, 2.24) is 15.2 Å². The number of hydrogen-bond acceptors (Lipinski definition) is 1. The second-order valence-corrected chi connectivity index (χ2v) is 6.19. The molecule has 130 valence electrons. The molecule has 0 aliphatic heterocycles. The predicted octanol–water partition coefficient (Wildman–Crippen LogP) is 3.39. The number of nitrogens with one attached hydrogen (secondary N) is 2. The third-order valence-corrected chi connectivity index (χ3v) is 4.45. The lowest BCUT2D eigenvalue weighted by Gasteiger charge is -2.16. The summed E-state index contributed by atoms with van der Waals surface area (Å²) in [6, 6.07) is 14.9. The molecule has 1 aliphatic carbocycles. The molecule has 4 nitrogen and oxygen atoms in total. The van der Waals surface area contributed by atoms with Crippen molar-refractivity contribution < 1.29 is 0 Å². The highest BCUT2D eigenvalue weighted by Crippen LogP contribution is 2.48. The van der Waals surface area contributed by atoms with Gasteiger partial charge < -0.3 is 15.2 Å². The van der Waals surface area contributed by atoms with E-state index in [1.807, 2.05) is 0 Å². The molecule has 24 heavy (non-hydrogen) atoms. The van der Waals surface area contributed by atoms with Gasteiger partial charge >= 0.3 is 0 Å². The molecule has 1 aromatic carbocycles. The van der Waals surface area contributed by atoms with Crippen molar-refractivity contribution in [3.63, 3.8) is 0 Å². The Labute approximate surface area is 161 Å². The maximum atomic E-state index is 4.83. The summed E-state index contributed by atoms with van der Waals surface area (Å²) in [6.45, 7) is 5.66. The lowest BCUT2D eigenvalue weighted by Crippen LogP contribution is -2.39. The van der Waals surface area contributed by atoms with Crippen LogP contribution < -0.4 is 10.6 Å². The van der Waals surface area contributed by atoms with Crippen molar-refractivity contribution >= 4 is 29.9 Å². The highest BCUT2D eigenvalue weighted by Gasteiger charge is 2.43. The highest BCUT2D eigenvalue weighted by atomic mass is 127. The van der Waals surface area contributed by atoms with Crippen molar-refractivity contribution in [2.45, 2.75) is 31.7 Å². The van der Waals surface area contributed by atoms with Crippen LogP contribution in [-0.4, -0.2) is 30.2 Å². The number of aliphatic imine (C=N–C) groups is 1. The Balaban J connectivity index is 0.00000208. The maximum absolute atomic E-state index is 4.83. The van der Waals surface area contributed by atoms with Gasteiger partial charge in [0, 0.05) is 37.4 Å². The summed E-state index contributed by atoms with van der Waals surface area (Å²) in [6.07, 6.45) is 6.65. The molecule has 0 bridgehead atoms. The van der Waals surface area contributed by atoms with E-state index in [1.54, 1.807) is 0 Å². The number of hydrogen-bond donors (Lipinski definition) is 2. The van der Waals surface area contributed by atoms with Crippen LogP contribution in [0.25, 0.3) is 0 Å². The lowest BCUT2D eigenvalue weighted by molar-refractivity contribution is 0.656. The number of rotatable bonds is 7. The van der Waals surface area contributed by atoms with Crippen molar-refractivity contribution in [2.75, 3.05) is 19.6 Å². The summed E-state index contributed by atoms with van der Waals surface area (Å²) in [7, 11) is 0. The van der Waals surface area contributed by atoms with Crippen LogP contribution in [0.1, 0.15) is 25.3 Å². The van der Waals surface area contributed by atoms with E-state index in [9.17, 15) is 0 Å². The molecule has 0 radical (unpaired) electrons. The first kappa shape index (κ1) is 18.8. The van der Waals surface area contributed by atoms with Crippen molar-refractivity contribution in [1.29, 1.82) is 0 Å². The van der Waals surface area contributed by atoms with E-state index in [-0.39, 0.29) is 29.4 Å². The largest absolute Gasteiger partial charge is 0.357 e. The summed E-state index contributed by atoms with van der Waals surface area (Å²) in [5.74, 6) is 0.918. The van der Waals surface area contributed by atoms with Crippen LogP contribution in [0.4, 0.5) is 0 Å². The minimum atomic E-state index is 0. The van der Waals surface area contributed by atoms with E-state index >= 15 is 0 Å². The summed E-state index contributed by atoms with van der Waals surface area (Å²) in [5, 5.41) is 6.77. The predicted molar refractivity (Wildman–Crippen MR) is 111 cm³/mol. The molecule has 0 unspecified atom stereocenters. The van der Waals surface area contributed by atoms with Gasteiger partial charge in [0.2, 0.25) is 0 Å². The molecule has 1 aromatic heterocycles. The van der Waals surface area contributed by atoms with Gasteiger partial charge in [-0.05, 0) is 37.5 Å². The van der Waals surface area contributed by atoms with E-state index in [0.717, 1.165) is 32.1 Å². The molecule has 0 spiro atoms. The number of halogens is 1. The van der Waals surface area contributed by atoms with E-state index < -0.39 is 0 Å². The summed E-state index contributed by atoms with van der Waals surface area (Å²) in [4.78, 5) is 4.83. The number of aromatic nitrogens is 1. The third kappa shape index (κ3) is 5.00. The van der Waals surface area contributed by atoms with Crippen LogP contribution in [0, 0.1) is 0 Å². The Kier molecular flexibility index (Phi) is 7.15. The average molecular weight is 438 g/mol. The van der Waals surface area contributed by atoms with Crippen LogP contribution in [0.3, 0.4) is 0 Å². The van der Waals surface area contributed by atoms with Crippen molar-refractivity contribution in [3.05, 3.63) is 60.4 Å². The number of nitrogens with zero attached hydrogens (tertiary/aromatic N) is 2. The van der Waals surface area contributed by atoms with Gasteiger partial charge in [-0.1, -0.05) is 30.3 Å².